The molecule has 0 radical (unpaired) electrons. The zero-order valence-corrected chi connectivity index (χ0v) is 16.2. The molecule has 0 saturated carbocycles. The molecule has 1 aliphatic heterocycles. The average Bonchev–Trinajstić information content (AvgIpc) is 2.58. The Morgan fingerprint density at radius 3 is 2.60 bits per heavy atom. The van der Waals surface area contributed by atoms with Crippen molar-refractivity contribution in [2.45, 2.75) is 45.1 Å². The van der Waals surface area contributed by atoms with Crippen molar-refractivity contribution in [1.82, 2.24) is 5.32 Å². The van der Waals surface area contributed by atoms with Crippen molar-refractivity contribution in [1.29, 1.82) is 0 Å². The summed E-state index contributed by atoms with van der Waals surface area (Å²) < 4.78 is 11.2. The van der Waals surface area contributed by atoms with Gasteiger partial charge in [-0.05, 0) is 35.8 Å². The zero-order valence-electron chi connectivity index (χ0n) is 15.4. The van der Waals surface area contributed by atoms with Crippen LogP contribution in [0.25, 0.3) is 0 Å². The molecule has 142 valence electrons. The van der Waals surface area contributed by atoms with Gasteiger partial charge in [-0.1, -0.05) is 39.0 Å². The van der Waals surface area contributed by atoms with Crippen LogP contribution in [-0.4, -0.2) is 38.3 Å². The molecule has 2 rings (SSSR count). The molecule has 0 aromatic heterocycles. The van der Waals surface area contributed by atoms with E-state index in [0.29, 0.717) is 26.4 Å². The highest BCUT2D eigenvalue weighted by Crippen LogP contribution is 2.30. The van der Waals surface area contributed by atoms with E-state index in [-0.39, 0.29) is 29.6 Å². The lowest BCUT2D eigenvalue weighted by atomic mass is 9.86. The fourth-order valence-corrected chi connectivity index (χ4v) is 2.95. The lowest BCUT2D eigenvalue weighted by Gasteiger charge is -2.26. The van der Waals surface area contributed by atoms with Crippen LogP contribution in [0.15, 0.2) is 24.3 Å². The predicted molar refractivity (Wildman–Crippen MR) is 102 cm³/mol. The number of nitrogens with one attached hydrogen (secondary N) is 1. The molecular formula is C19H31ClN2O3. The Hall–Kier alpha value is -1.30. The molecule has 5 nitrogen and oxygen atoms in total. The predicted octanol–water partition coefficient (Wildman–Crippen LogP) is 2.65. The van der Waals surface area contributed by atoms with Gasteiger partial charge in [-0.25, -0.2) is 0 Å². The second kappa shape index (κ2) is 10.00. The number of hydrogen-bond donors (Lipinski definition) is 2. The van der Waals surface area contributed by atoms with E-state index in [1.807, 2.05) is 18.2 Å². The van der Waals surface area contributed by atoms with Gasteiger partial charge in [0.2, 0.25) is 5.91 Å². The quantitative estimate of drug-likeness (QED) is 0.755. The molecule has 0 spiro atoms. The summed E-state index contributed by atoms with van der Waals surface area (Å²) in [5.74, 6) is 0.976. The van der Waals surface area contributed by atoms with Crippen LogP contribution in [-0.2, 0) is 14.9 Å². The van der Waals surface area contributed by atoms with Crippen molar-refractivity contribution in [2.75, 3.05) is 26.4 Å². The Bertz CT molecular complexity index is 540. The lowest BCUT2D eigenvalue weighted by Crippen LogP contribution is -2.47. The molecular weight excluding hydrogens is 340 g/mol. The van der Waals surface area contributed by atoms with Crippen molar-refractivity contribution < 1.29 is 14.3 Å². The third-order valence-corrected chi connectivity index (χ3v) is 4.43. The van der Waals surface area contributed by atoms with E-state index >= 15 is 0 Å². The number of rotatable bonds is 6. The van der Waals surface area contributed by atoms with E-state index in [0.717, 1.165) is 24.2 Å². The number of benzene rings is 1. The number of nitrogens with two attached hydrogens (primary N) is 1. The Morgan fingerprint density at radius 1 is 1.32 bits per heavy atom. The second-order valence-electron chi connectivity index (χ2n) is 7.36. The van der Waals surface area contributed by atoms with Crippen LogP contribution in [0.4, 0.5) is 0 Å². The van der Waals surface area contributed by atoms with Gasteiger partial charge in [0.15, 0.2) is 0 Å². The van der Waals surface area contributed by atoms with Gasteiger partial charge in [-0.3, -0.25) is 4.79 Å². The Balaban J connectivity index is 0.00000312. The van der Waals surface area contributed by atoms with Gasteiger partial charge >= 0.3 is 0 Å². The number of carbonyl (C=O) groups excluding carboxylic acids is 1. The highest BCUT2D eigenvalue weighted by atomic mass is 35.5. The minimum atomic E-state index is -0.462. The maximum atomic E-state index is 12.1. The van der Waals surface area contributed by atoms with Crippen molar-refractivity contribution in [2.24, 2.45) is 11.7 Å². The van der Waals surface area contributed by atoms with Crippen LogP contribution in [0.5, 0.6) is 5.75 Å². The summed E-state index contributed by atoms with van der Waals surface area (Å²) in [6.45, 7) is 8.74. The highest BCUT2D eigenvalue weighted by molar-refractivity contribution is 5.85. The maximum absolute atomic E-state index is 12.1. The average molecular weight is 371 g/mol. The number of hydrogen-bond acceptors (Lipinski definition) is 4. The van der Waals surface area contributed by atoms with Crippen LogP contribution in [0.1, 0.15) is 39.2 Å². The number of halogens is 1. The smallest absolute Gasteiger partial charge is 0.237 e. The van der Waals surface area contributed by atoms with Crippen LogP contribution < -0.4 is 15.8 Å². The van der Waals surface area contributed by atoms with Crippen molar-refractivity contribution in [3.8, 4) is 5.75 Å². The van der Waals surface area contributed by atoms with Crippen molar-refractivity contribution in [3.05, 3.63) is 29.8 Å². The van der Waals surface area contributed by atoms with E-state index in [1.54, 1.807) is 0 Å². The molecule has 25 heavy (non-hydrogen) atoms. The van der Waals surface area contributed by atoms with Gasteiger partial charge in [0.25, 0.3) is 0 Å². The van der Waals surface area contributed by atoms with Gasteiger partial charge in [0.05, 0.1) is 12.6 Å². The minimum absolute atomic E-state index is 0. The summed E-state index contributed by atoms with van der Waals surface area (Å²) in [6, 6.07) is 7.56. The lowest BCUT2D eigenvalue weighted by molar-refractivity contribution is -0.124. The van der Waals surface area contributed by atoms with Gasteiger partial charge in [-0.2, -0.15) is 0 Å². The first-order chi connectivity index (χ1) is 11.4. The molecule has 1 atom stereocenters. The van der Waals surface area contributed by atoms with E-state index in [2.05, 4.69) is 32.2 Å². The second-order valence-corrected chi connectivity index (χ2v) is 7.36. The molecule has 1 fully saturated rings. The summed E-state index contributed by atoms with van der Waals surface area (Å²) >= 11 is 0. The highest BCUT2D eigenvalue weighted by Gasteiger charge is 2.26. The van der Waals surface area contributed by atoms with E-state index in [1.165, 1.54) is 0 Å². The third-order valence-electron chi connectivity index (χ3n) is 4.43. The summed E-state index contributed by atoms with van der Waals surface area (Å²) in [6.07, 6.45) is 1.70. The largest absolute Gasteiger partial charge is 0.491 e. The van der Waals surface area contributed by atoms with Gasteiger partial charge < -0.3 is 20.5 Å². The molecule has 1 unspecified atom stereocenters. The van der Waals surface area contributed by atoms with E-state index in [9.17, 15) is 4.79 Å². The Kier molecular flexibility index (Phi) is 8.69. The number of carbonyl (C=O) groups is 1. The first-order valence-corrected chi connectivity index (χ1v) is 8.73. The summed E-state index contributed by atoms with van der Waals surface area (Å²) in [4.78, 5) is 12.1. The molecule has 0 bridgehead atoms. The molecule has 1 aromatic carbocycles. The first-order valence-electron chi connectivity index (χ1n) is 8.73. The Morgan fingerprint density at radius 2 is 1.96 bits per heavy atom. The fraction of sp³-hybridized carbons (Fsp3) is 0.632. The van der Waals surface area contributed by atoms with Gasteiger partial charge in [0.1, 0.15) is 12.4 Å². The fourth-order valence-electron chi connectivity index (χ4n) is 2.95. The number of ether oxygens (including phenoxy) is 2. The summed E-state index contributed by atoms with van der Waals surface area (Å²) in [7, 11) is 0. The topological polar surface area (TPSA) is 73.6 Å². The van der Waals surface area contributed by atoms with Crippen molar-refractivity contribution >= 4 is 18.3 Å². The molecule has 1 aliphatic rings. The van der Waals surface area contributed by atoms with Crippen LogP contribution in [0.3, 0.4) is 0 Å². The monoisotopic (exact) mass is 370 g/mol. The van der Waals surface area contributed by atoms with Crippen LogP contribution in [0, 0.1) is 5.92 Å². The van der Waals surface area contributed by atoms with Crippen LogP contribution >= 0.6 is 12.4 Å². The SMILES string of the molecule is CC(C)(C)c1ccccc1OCCNC(=O)C(N)C1CCOCC1.Cl. The zero-order chi connectivity index (χ0) is 17.6. The molecule has 1 aromatic rings. The summed E-state index contributed by atoms with van der Waals surface area (Å²) in [5, 5.41) is 2.88. The standard InChI is InChI=1S/C19H30N2O3.ClH/c1-19(2,3)15-6-4-5-7-16(15)24-13-10-21-18(22)17(20)14-8-11-23-12-9-14;/h4-7,14,17H,8-13,20H2,1-3H3,(H,21,22);1H. The number of amides is 1. The maximum Gasteiger partial charge on any atom is 0.237 e. The minimum Gasteiger partial charge on any atom is -0.491 e. The third kappa shape index (κ3) is 6.49. The van der Waals surface area contributed by atoms with Crippen molar-refractivity contribution in [3.63, 3.8) is 0 Å². The molecule has 3 N–H and O–H groups in total. The molecule has 1 heterocycles. The molecule has 0 aliphatic carbocycles. The molecule has 1 amide bonds. The van der Waals surface area contributed by atoms with Gasteiger partial charge in [0, 0.05) is 13.2 Å². The van der Waals surface area contributed by atoms with Crippen LogP contribution in [0.2, 0.25) is 0 Å². The normalized spacial score (nSPS) is 16.6. The first kappa shape index (κ1) is 21.7. The Labute approximate surface area is 157 Å². The van der Waals surface area contributed by atoms with E-state index in [4.69, 9.17) is 15.2 Å². The molecule has 6 heteroatoms. The molecule has 1 saturated heterocycles. The number of para-hydroxylation sites is 1. The van der Waals surface area contributed by atoms with Gasteiger partial charge in [-0.15, -0.1) is 12.4 Å². The summed E-state index contributed by atoms with van der Waals surface area (Å²) in [5.41, 5.74) is 7.24. The van der Waals surface area contributed by atoms with E-state index < -0.39 is 6.04 Å².